The highest BCUT2D eigenvalue weighted by Gasteiger charge is 2.46. The van der Waals surface area contributed by atoms with Gasteiger partial charge in [0, 0.05) is 42.8 Å². The van der Waals surface area contributed by atoms with E-state index < -0.39 is 18.0 Å². The maximum absolute atomic E-state index is 13.5. The maximum atomic E-state index is 13.5. The molecule has 2 N–H and O–H groups in total. The van der Waals surface area contributed by atoms with Gasteiger partial charge in [0.25, 0.3) is 0 Å². The number of fused-ring (bicyclic) bond motifs is 1. The molecule has 1 saturated heterocycles. The molecule has 1 atom stereocenters. The lowest BCUT2D eigenvalue weighted by Gasteiger charge is -2.33. The Morgan fingerprint density at radius 3 is 2.38 bits per heavy atom. The summed E-state index contributed by atoms with van der Waals surface area (Å²) in [6, 6.07) is 13.1. The van der Waals surface area contributed by atoms with Crippen molar-refractivity contribution >= 4 is 28.8 Å². The van der Waals surface area contributed by atoms with Crippen LogP contribution in [0.5, 0.6) is 0 Å². The van der Waals surface area contributed by atoms with Crippen molar-refractivity contribution in [1.29, 1.82) is 0 Å². The van der Waals surface area contributed by atoms with Crippen LogP contribution in [0.15, 0.2) is 73.2 Å². The van der Waals surface area contributed by atoms with Crippen molar-refractivity contribution in [1.82, 2.24) is 24.9 Å². The second kappa shape index (κ2) is 9.62. The normalized spacial score (nSPS) is 18.1. The number of aromatic nitrogens is 2. The van der Waals surface area contributed by atoms with Crippen molar-refractivity contribution in [3.8, 4) is 0 Å². The van der Waals surface area contributed by atoms with Gasteiger partial charge in [0.2, 0.25) is 0 Å². The van der Waals surface area contributed by atoms with E-state index in [9.17, 15) is 18.0 Å². The average molecular weight is 527 g/mol. The van der Waals surface area contributed by atoms with Gasteiger partial charge >= 0.3 is 12.2 Å². The Morgan fingerprint density at radius 2 is 1.73 bits per heavy atom. The quantitative estimate of drug-likeness (QED) is 0.497. The highest BCUT2D eigenvalue weighted by Crippen LogP contribution is 2.41. The average Bonchev–Trinajstić information content (AvgIpc) is 3.13. The van der Waals surface area contributed by atoms with Gasteiger partial charge in [-0.25, -0.2) is 9.78 Å². The molecule has 1 fully saturated rings. The zero-order chi connectivity index (χ0) is 26.3. The molecule has 0 saturated carbocycles. The fourth-order valence-corrected chi connectivity index (χ4v) is 4.73. The molecule has 4 heterocycles. The molecule has 37 heavy (non-hydrogen) atoms. The number of rotatable bonds is 5. The third kappa shape index (κ3) is 4.59. The lowest BCUT2D eigenvalue weighted by Crippen LogP contribution is -2.40. The number of carbonyl (C=O) groups excluding carboxylic acids is 1. The van der Waals surface area contributed by atoms with Crippen LogP contribution in [0.4, 0.5) is 18.0 Å². The van der Waals surface area contributed by atoms with Crippen LogP contribution >= 0.6 is 11.6 Å². The first-order valence-electron chi connectivity index (χ1n) is 11.4. The van der Waals surface area contributed by atoms with E-state index in [-0.39, 0.29) is 24.8 Å². The van der Waals surface area contributed by atoms with E-state index in [1.54, 1.807) is 47.7 Å². The Labute approximate surface area is 216 Å². The number of pyridine rings is 2. The number of benzene rings is 1. The van der Waals surface area contributed by atoms with Crippen molar-refractivity contribution in [3.05, 3.63) is 106 Å². The molecular weight excluding hydrogens is 505 g/mol. The van der Waals surface area contributed by atoms with Gasteiger partial charge in [0.1, 0.15) is 11.9 Å². The molecule has 3 aromatic rings. The summed E-state index contributed by atoms with van der Waals surface area (Å²) in [6.45, 7) is -0.186. The van der Waals surface area contributed by atoms with Gasteiger partial charge in [-0.05, 0) is 58.7 Å². The molecule has 0 spiro atoms. The summed E-state index contributed by atoms with van der Waals surface area (Å²) in [6.07, 6.45) is 1.86. The second-order valence-electron chi connectivity index (χ2n) is 8.58. The number of nitrogens with two attached hydrogens (primary N) is 1. The van der Waals surface area contributed by atoms with Crippen molar-refractivity contribution in [2.75, 3.05) is 7.05 Å². The fraction of sp³-hybridized carbons (Fsp3) is 0.192. The number of hydrogen-bond donors (Lipinski definition) is 1. The Morgan fingerprint density at radius 1 is 1.03 bits per heavy atom. The highest BCUT2D eigenvalue weighted by atomic mass is 35.5. The first-order valence-corrected chi connectivity index (χ1v) is 11.7. The van der Waals surface area contributed by atoms with Crippen molar-refractivity contribution < 1.29 is 18.0 Å². The van der Waals surface area contributed by atoms with Crippen LogP contribution in [0.1, 0.15) is 28.1 Å². The van der Waals surface area contributed by atoms with Crippen LogP contribution in [0.3, 0.4) is 0 Å². The molecule has 7 nitrogen and oxygen atoms in total. The van der Waals surface area contributed by atoms with Crippen molar-refractivity contribution in [2.24, 2.45) is 5.73 Å². The Bertz CT molecular complexity index is 1390. The van der Waals surface area contributed by atoms with Gasteiger partial charge in [-0.2, -0.15) is 18.2 Å². The van der Waals surface area contributed by atoms with Gasteiger partial charge in [0.05, 0.1) is 12.2 Å². The number of halogens is 4. The van der Waals surface area contributed by atoms with E-state index in [4.69, 9.17) is 17.3 Å². The highest BCUT2D eigenvalue weighted by molar-refractivity contribution is 6.30. The largest absolute Gasteiger partial charge is 0.433 e. The SMILES string of the molecule is CN1C2C(c3ccncc3)=C(c3ccc(Cl)cc3)C=CN2C(=O)N1Cc1ccc(C(F)(F)F)nc1CN. The summed E-state index contributed by atoms with van der Waals surface area (Å²) in [7, 11) is 1.77. The minimum Gasteiger partial charge on any atom is -0.325 e. The summed E-state index contributed by atoms with van der Waals surface area (Å²) in [5.74, 6) is 0. The van der Waals surface area contributed by atoms with E-state index in [2.05, 4.69) is 9.97 Å². The third-order valence-electron chi connectivity index (χ3n) is 6.41. The molecule has 0 aliphatic carbocycles. The number of allylic oxidation sites excluding steroid dienone is 2. The number of alkyl halides is 3. The van der Waals surface area contributed by atoms with E-state index in [1.807, 2.05) is 30.3 Å². The van der Waals surface area contributed by atoms with Gasteiger partial charge < -0.3 is 5.73 Å². The van der Waals surface area contributed by atoms with Crippen molar-refractivity contribution in [2.45, 2.75) is 25.4 Å². The van der Waals surface area contributed by atoms with E-state index >= 15 is 0 Å². The summed E-state index contributed by atoms with van der Waals surface area (Å²) in [5.41, 5.74) is 8.80. The van der Waals surface area contributed by atoms with E-state index in [0.717, 1.165) is 28.3 Å². The second-order valence-corrected chi connectivity index (χ2v) is 9.02. The number of amides is 2. The number of urea groups is 1. The molecule has 1 unspecified atom stereocenters. The number of likely N-dealkylation sites (N-methyl/N-ethyl adjacent to an activating group) is 1. The Kier molecular flexibility index (Phi) is 6.49. The van der Waals surface area contributed by atoms with Gasteiger partial charge in [-0.1, -0.05) is 29.8 Å². The first-order chi connectivity index (χ1) is 17.7. The molecule has 0 radical (unpaired) electrons. The van der Waals surface area contributed by atoms with Gasteiger partial charge in [0.15, 0.2) is 0 Å². The van der Waals surface area contributed by atoms with Crippen LogP contribution in [-0.4, -0.2) is 44.1 Å². The summed E-state index contributed by atoms with van der Waals surface area (Å²) in [4.78, 5) is 22.9. The molecule has 5 rings (SSSR count). The molecule has 1 aromatic carbocycles. The monoisotopic (exact) mass is 526 g/mol. The molecular formula is C26H22ClF3N6O. The Balaban J connectivity index is 1.55. The topological polar surface area (TPSA) is 78.6 Å². The smallest absolute Gasteiger partial charge is 0.325 e. The van der Waals surface area contributed by atoms with Crippen LogP contribution in [-0.2, 0) is 19.3 Å². The molecule has 11 heteroatoms. The molecule has 190 valence electrons. The van der Waals surface area contributed by atoms with Gasteiger partial charge in [-0.15, -0.1) is 0 Å². The van der Waals surface area contributed by atoms with Gasteiger partial charge in [-0.3, -0.25) is 14.9 Å². The van der Waals surface area contributed by atoms with Crippen LogP contribution in [0.25, 0.3) is 11.1 Å². The predicted octanol–water partition coefficient (Wildman–Crippen LogP) is 5.16. The molecule has 2 amide bonds. The predicted molar refractivity (Wildman–Crippen MR) is 133 cm³/mol. The lowest BCUT2D eigenvalue weighted by atomic mass is 9.90. The zero-order valence-electron chi connectivity index (χ0n) is 19.7. The van der Waals surface area contributed by atoms with Crippen molar-refractivity contribution in [3.63, 3.8) is 0 Å². The first kappa shape index (κ1) is 24.9. The molecule has 2 aliphatic rings. The molecule has 2 aromatic heterocycles. The van der Waals surface area contributed by atoms with Crippen LogP contribution in [0, 0.1) is 0 Å². The van der Waals surface area contributed by atoms with E-state index in [0.29, 0.717) is 10.6 Å². The third-order valence-corrected chi connectivity index (χ3v) is 6.66. The Hall–Kier alpha value is -3.73. The summed E-state index contributed by atoms with van der Waals surface area (Å²) >= 11 is 6.10. The molecule has 0 bridgehead atoms. The number of hydrogen-bond acceptors (Lipinski definition) is 5. The summed E-state index contributed by atoms with van der Waals surface area (Å²) in [5, 5.41) is 3.86. The summed E-state index contributed by atoms with van der Waals surface area (Å²) < 4.78 is 39.5. The van der Waals surface area contributed by atoms with Crippen LogP contribution in [0.2, 0.25) is 5.02 Å². The number of nitrogens with zero attached hydrogens (tertiary/aromatic N) is 5. The minimum absolute atomic E-state index is 0.00769. The maximum Gasteiger partial charge on any atom is 0.433 e. The zero-order valence-corrected chi connectivity index (χ0v) is 20.4. The number of hydrazine groups is 1. The lowest BCUT2D eigenvalue weighted by molar-refractivity contribution is -0.141. The van der Waals surface area contributed by atoms with E-state index in [1.165, 1.54) is 11.1 Å². The minimum atomic E-state index is -4.59. The van der Waals surface area contributed by atoms with Crippen LogP contribution < -0.4 is 5.73 Å². The fourth-order valence-electron chi connectivity index (χ4n) is 4.61. The number of carbonyl (C=O) groups is 1. The molecule has 2 aliphatic heterocycles. The standard InChI is InChI=1S/C26H22ClF3N6O/c1-34-24-23(17-8-11-32-12-9-17)20(16-2-5-19(27)6-3-16)10-13-35(24)25(37)36(34)15-18-4-7-22(26(28,29)30)33-21(18)14-31/h2-13,24H,14-15,31H2,1H3.